The number of amides is 2. The number of anilines is 2. The van der Waals surface area contributed by atoms with E-state index in [2.05, 4.69) is 20.1 Å². The number of rotatable bonds is 2. The zero-order valence-corrected chi connectivity index (χ0v) is 11.1. The van der Waals surface area contributed by atoms with Gasteiger partial charge in [0.25, 0.3) is 0 Å². The molecule has 0 aromatic heterocycles. The Labute approximate surface area is 113 Å². The Balaban J connectivity index is 3.02. The predicted molar refractivity (Wildman–Crippen MR) is 68.5 cm³/mol. The molecule has 0 saturated carbocycles. The number of carbonyl (C=O) groups excluding carboxylic acids is 2. The molecule has 1 aromatic rings. The molecule has 0 saturated heterocycles. The van der Waals surface area contributed by atoms with E-state index in [1.165, 1.54) is 26.4 Å². The lowest BCUT2D eigenvalue weighted by Crippen LogP contribution is -2.13. The Morgan fingerprint density at radius 2 is 1.61 bits per heavy atom. The van der Waals surface area contributed by atoms with Crippen molar-refractivity contribution in [2.45, 2.75) is 0 Å². The molecule has 0 aliphatic heterocycles. The summed E-state index contributed by atoms with van der Waals surface area (Å²) in [5.74, 6) is 0. The highest BCUT2D eigenvalue weighted by Crippen LogP contribution is 2.33. The Morgan fingerprint density at radius 1 is 1.06 bits per heavy atom. The van der Waals surface area contributed by atoms with Crippen LogP contribution in [0.15, 0.2) is 12.1 Å². The molecule has 2 amide bonds. The minimum atomic E-state index is -0.705. The fraction of sp³-hybridized carbons (Fsp3) is 0.200. The van der Waals surface area contributed by atoms with E-state index in [0.717, 1.165) is 0 Å². The van der Waals surface area contributed by atoms with Crippen molar-refractivity contribution in [3.63, 3.8) is 0 Å². The molecule has 0 bridgehead atoms. The van der Waals surface area contributed by atoms with Gasteiger partial charge in [-0.2, -0.15) is 0 Å². The minimum absolute atomic E-state index is 0.137. The van der Waals surface area contributed by atoms with Crippen LogP contribution in [0.3, 0.4) is 0 Å². The number of nitrogens with one attached hydrogen (secondary N) is 2. The summed E-state index contributed by atoms with van der Waals surface area (Å²) >= 11 is 11.7. The Bertz CT molecular complexity index is 479. The Hall–Kier alpha value is -1.66. The number of carbonyl (C=O) groups is 2. The van der Waals surface area contributed by atoms with Crippen LogP contribution in [0.5, 0.6) is 0 Å². The van der Waals surface area contributed by atoms with E-state index in [-0.39, 0.29) is 15.7 Å². The van der Waals surface area contributed by atoms with E-state index >= 15 is 0 Å². The van der Waals surface area contributed by atoms with Crippen molar-refractivity contribution in [1.82, 2.24) is 0 Å². The van der Waals surface area contributed by atoms with E-state index in [0.29, 0.717) is 5.69 Å². The highest BCUT2D eigenvalue weighted by atomic mass is 35.5. The van der Waals surface area contributed by atoms with Crippen molar-refractivity contribution in [3.05, 3.63) is 22.2 Å². The highest BCUT2D eigenvalue weighted by Gasteiger charge is 2.12. The molecule has 0 heterocycles. The summed E-state index contributed by atoms with van der Waals surface area (Å²) in [6.07, 6.45) is -1.37. The summed E-state index contributed by atoms with van der Waals surface area (Å²) in [4.78, 5) is 22.1. The molecule has 1 rings (SSSR count). The van der Waals surface area contributed by atoms with Gasteiger partial charge in [0.05, 0.1) is 30.0 Å². The van der Waals surface area contributed by atoms with Crippen LogP contribution in [0.1, 0.15) is 0 Å². The lowest BCUT2D eigenvalue weighted by Gasteiger charge is -2.10. The number of methoxy groups -OCH3 is 2. The molecule has 0 fully saturated rings. The van der Waals surface area contributed by atoms with Crippen LogP contribution >= 0.6 is 23.2 Å². The molecule has 8 heteroatoms. The molecule has 2 N–H and O–H groups in total. The van der Waals surface area contributed by atoms with Crippen molar-refractivity contribution >= 4 is 46.8 Å². The van der Waals surface area contributed by atoms with E-state index in [1.54, 1.807) is 0 Å². The molecular weight excluding hydrogens is 283 g/mol. The molecule has 0 aliphatic rings. The van der Waals surface area contributed by atoms with Crippen molar-refractivity contribution in [2.24, 2.45) is 0 Å². The molecule has 0 spiro atoms. The summed E-state index contributed by atoms with van der Waals surface area (Å²) in [7, 11) is 2.43. The molecular formula is C10H10Cl2N2O4. The van der Waals surface area contributed by atoms with Gasteiger partial charge in [0.2, 0.25) is 0 Å². The molecule has 18 heavy (non-hydrogen) atoms. The third-order valence-corrected chi connectivity index (χ3v) is 2.68. The molecule has 0 unspecified atom stereocenters. The third-order valence-electron chi connectivity index (χ3n) is 1.88. The fourth-order valence-electron chi connectivity index (χ4n) is 1.08. The summed E-state index contributed by atoms with van der Waals surface area (Å²) in [5, 5.41) is 5.06. The van der Waals surface area contributed by atoms with Crippen LogP contribution < -0.4 is 10.6 Å². The van der Waals surface area contributed by atoms with Gasteiger partial charge in [-0.05, 0) is 12.1 Å². The lowest BCUT2D eigenvalue weighted by molar-refractivity contribution is 0.186. The highest BCUT2D eigenvalue weighted by molar-refractivity contribution is 6.44. The fourth-order valence-corrected chi connectivity index (χ4v) is 1.46. The second-order valence-corrected chi connectivity index (χ2v) is 3.84. The Morgan fingerprint density at radius 3 is 2.17 bits per heavy atom. The second-order valence-electron chi connectivity index (χ2n) is 3.05. The summed E-state index contributed by atoms with van der Waals surface area (Å²) in [5.41, 5.74) is 0.532. The Kier molecular flexibility index (Phi) is 5.06. The van der Waals surface area contributed by atoms with E-state index < -0.39 is 12.2 Å². The van der Waals surface area contributed by atoms with Crippen LogP contribution in [0.4, 0.5) is 21.0 Å². The van der Waals surface area contributed by atoms with Crippen molar-refractivity contribution < 1.29 is 19.1 Å². The first-order valence-corrected chi connectivity index (χ1v) is 5.42. The lowest BCUT2D eigenvalue weighted by atomic mass is 10.2. The molecule has 1 aromatic carbocycles. The van der Waals surface area contributed by atoms with Gasteiger partial charge >= 0.3 is 12.2 Å². The van der Waals surface area contributed by atoms with Gasteiger partial charge in [-0.3, -0.25) is 10.6 Å². The zero-order valence-electron chi connectivity index (χ0n) is 9.54. The maximum atomic E-state index is 11.1. The monoisotopic (exact) mass is 292 g/mol. The van der Waals surface area contributed by atoms with E-state index in [9.17, 15) is 9.59 Å². The number of halogens is 2. The van der Waals surface area contributed by atoms with Crippen LogP contribution in [0.2, 0.25) is 10.0 Å². The predicted octanol–water partition coefficient (Wildman–Crippen LogP) is 3.35. The number of ether oxygens (including phenoxy) is 2. The van der Waals surface area contributed by atoms with Gasteiger partial charge in [0.1, 0.15) is 0 Å². The summed E-state index contributed by atoms with van der Waals surface area (Å²) in [6, 6.07) is 2.84. The van der Waals surface area contributed by atoms with Crippen LogP contribution in [0, 0.1) is 0 Å². The number of hydrogen-bond acceptors (Lipinski definition) is 4. The quantitative estimate of drug-likeness (QED) is 0.876. The van der Waals surface area contributed by atoms with Gasteiger partial charge < -0.3 is 9.47 Å². The maximum absolute atomic E-state index is 11.1. The van der Waals surface area contributed by atoms with E-state index in [1.807, 2.05) is 0 Å². The molecule has 98 valence electrons. The molecule has 0 radical (unpaired) electrons. The van der Waals surface area contributed by atoms with Gasteiger partial charge in [0, 0.05) is 5.69 Å². The van der Waals surface area contributed by atoms with Gasteiger partial charge in [0.15, 0.2) is 0 Å². The van der Waals surface area contributed by atoms with Crippen LogP contribution in [-0.4, -0.2) is 26.4 Å². The standard InChI is InChI=1S/C10H10Cl2N2O4/c1-17-9(15)13-5-3-6(11)8(12)7(4-5)14-10(16)18-2/h3-4H,1-2H3,(H,13,15)(H,14,16). The molecule has 0 aliphatic carbocycles. The topological polar surface area (TPSA) is 76.7 Å². The van der Waals surface area contributed by atoms with Crippen molar-refractivity contribution in [2.75, 3.05) is 24.9 Å². The van der Waals surface area contributed by atoms with Gasteiger partial charge in [-0.15, -0.1) is 0 Å². The maximum Gasteiger partial charge on any atom is 0.411 e. The van der Waals surface area contributed by atoms with Gasteiger partial charge in [-0.1, -0.05) is 23.2 Å². The average molecular weight is 293 g/mol. The zero-order chi connectivity index (χ0) is 13.7. The first-order chi connectivity index (χ1) is 8.47. The van der Waals surface area contributed by atoms with E-state index in [4.69, 9.17) is 23.2 Å². The first-order valence-electron chi connectivity index (χ1n) is 4.67. The van der Waals surface area contributed by atoms with Crippen molar-refractivity contribution in [1.29, 1.82) is 0 Å². The summed E-state index contributed by atoms with van der Waals surface area (Å²) < 4.78 is 8.86. The summed E-state index contributed by atoms with van der Waals surface area (Å²) in [6.45, 7) is 0. The third kappa shape index (κ3) is 3.68. The number of hydrogen-bond donors (Lipinski definition) is 2. The minimum Gasteiger partial charge on any atom is -0.453 e. The first kappa shape index (κ1) is 14.4. The normalized spacial score (nSPS) is 9.56. The number of benzene rings is 1. The molecule has 6 nitrogen and oxygen atoms in total. The van der Waals surface area contributed by atoms with Crippen molar-refractivity contribution in [3.8, 4) is 0 Å². The largest absolute Gasteiger partial charge is 0.453 e. The SMILES string of the molecule is COC(=O)Nc1cc(Cl)c(Cl)c(NC(=O)OC)c1. The second kappa shape index (κ2) is 6.32. The van der Waals surface area contributed by atoms with Crippen LogP contribution in [0.25, 0.3) is 0 Å². The van der Waals surface area contributed by atoms with Gasteiger partial charge in [-0.25, -0.2) is 9.59 Å². The smallest absolute Gasteiger partial charge is 0.411 e. The average Bonchev–Trinajstić information content (AvgIpc) is 2.34. The van der Waals surface area contributed by atoms with Crippen LogP contribution in [-0.2, 0) is 9.47 Å². The molecule has 0 atom stereocenters.